The second-order valence-electron chi connectivity index (χ2n) is 7.42. The molecule has 29 heavy (non-hydrogen) atoms. The van der Waals surface area contributed by atoms with E-state index >= 15 is 0 Å². The minimum absolute atomic E-state index is 0.132. The van der Waals surface area contributed by atoms with Crippen LogP contribution < -0.4 is 0 Å². The molecule has 1 aromatic heterocycles. The lowest BCUT2D eigenvalue weighted by molar-refractivity contribution is 0.0940. The quantitative estimate of drug-likeness (QED) is 0.698. The van der Waals surface area contributed by atoms with E-state index in [1.807, 2.05) is 36.4 Å². The monoisotopic (exact) mass is 395 g/mol. The average molecular weight is 395 g/mol. The van der Waals surface area contributed by atoms with Crippen LogP contribution in [0.5, 0.6) is 0 Å². The third-order valence-electron chi connectivity index (χ3n) is 5.45. The summed E-state index contributed by atoms with van der Waals surface area (Å²) in [7, 11) is 0. The molecule has 1 unspecified atom stereocenters. The lowest BCUT2D eigenvalue weighted by atomic mass is 9.95. The van der Waals surface area contributed by atoms with E-state index in [1.165, 1.54) is 12.1 Å². The Balaban J connectivity index is 1.37. The van der Waals surface area contributed by atoms with Crippen molar-refractivity contribution in [1.82, 2.24) is 14.9 Å². The Hall–Kier alpha value is -2.70. The first-order chi connectivity index (χ1) is 14.1. The summed E-state index contributed by atoms with van der Waals surface area (Å²) < 4.78 is 26.9. The van der Waals surface area contributed by atoms with Gasteiger partial charge >= 0.3 is 0 Å². The van der Waals surface area contributed by atoms with E-state index in [-0.39, 0.29) is 11.5 Å². The summed E-state index contributed by atoms with van der Waals surface area (Å²) >= 11 is 0. The van der Waals surface area contributed by atoms with Crippen LogP contribution in [0.2, 0.25) is 0 Å². The van der Waals surface area contributed by atoms with Gasteiger partial charge in [0.15, 0.2) is 0 Å². The van der Waals surface area contributed by atoms with Gasteiger partial charge in [-0.25, -0.2) is 18.7 Å². The molecular formula is C23H23F2N3O. The molecule has 4 nitrogen and oxygen atoms in total. The number of hydrogen-bond acceptors (Lipinski definition) is 4. The Morgan fingerprint density at radius 2 is 1.79 bits per heavy atom. The van der Waals surface area contributed by atoms with Gasteiger partial charge in [-0.2, -0.15) is 0 Å². The van der Waals surface area contributed by atoms with Gasteiger partial charge in [-0.3, -0.25) is 0 Å². The number of nitrogens with zero attached hydrogens (tertiary/aromatic N) is 3. The van der Waals surface area contributed by atoms with Crippen LogP contribution in [0.1, 0.15) is 36.3 Å². The number of hydrogen-bond donors (Lipinski definition) is 1. The van der Waals surface area contributed by atoms with Gasteiger partial charge in [0, 0.05) is 35.9 Å². The Morgan fingerprint density at radius 1 is 1.03 bits per heavy atom. The molecule has 0 aliphatic carbocycles. The predicted molar refractivity (Wildman–Crippen MR) is 107 cm³/mol. The zero-order valence-electron chi connectivity index (χ0n) is 16.0. The number of likely N-dealkylation sites (tertiary alicyclic amines) is 1. The second-order valence-corrected chi connectivity index (χ2v) is 7.42. The molecule has 2 aromatic carbocycles. The van der Waals surface area contributed by atoms with Crippen molar-refractivity contribution in [3.05, 3.63) is 83.8 Å². The molecule has 1 N–H and O–H groups in total. The third kappa shape index (κ3) is 4.66. The standard InChI is InChI=1S/C23H23F2N3O/c24-18-6-7-19(20(25)14-18)22(29)15-28-12-9-17(10-13-28)23-26-11-8-21(27-23)16-4-2-1-3-5-16/h1-8,11,14,17,22,29H,9-10,12-13,15H2. The molecule has 6 heteroatoms. The summed E-state index contributed by atoms with van der Waals surface area (Å²) in [6, 6.07) is 15.2. The van der Waals surface area contributed by atoms with E-state index in [4.69, 9.17) is 4.98 Å². The molecule has 1 fully saturated rings. The Morgan fingerprint density at radius 3 is 2.52 bits per heavy atom. The number of rotatable bonds is 5. The molecule has 1 aliphatic rings. The highest BCUT2D eigenvalue weighted by Crippen LogP contribution is 2.28. The SMILES string of the molecule is OC(CN1CCC(c2nccc(-c3ccccc3)n2)CC1)c1ccc(F)cc1F. The number of benzene rings is 2. The zero-order valence-corrected chi connectivity index (χ0v) is 16.0. The molecular weight excluding hydrogens is 372 g/mol. The number of β-amino-alcohol motifs (C(OH)–C–C–N with tert-alkyl or cyclic N) is 1. The van der Waals surface area contributed by atoms with Gasteiger partial charge in [0.1, 0.15) is 17.5 Å². The van der Waals surface area contributed by atoms with Gasteiger partial charge in [0.25, 0.3) is 0 Å². The molecule has 3 aromatic rings. The van der Waals surface area contributed by atoms with E-state index in [0.717, 1.165) is 49.1 Å². The number of piperidine rings is 1. The van der Waals surface area contributed by atoms with Crippen LogP contribution >= 0.6 is 0 Å². The first-order valence-electron chi connectivity index (χ1n) is 9.84. The maximum atomic E-state index is 13.9. The highest BCUT2D eigenvalue weighted by Gasteiger charge is 2.25. The lowest BCUT2D eigenvalue weighted by Crippen LogP contribution is -2.36. The molecule has 1 atom stereocenters. The molecule has 0 bridgehead atoms. The summed E-state index contributed by atoms with van der Waals surface area (Å²) in [6.45, 7) is 1.85. The van der Waals surface area contributed by atoms with Crippen molar-refractivity contribution in [3.63, 3.8) is 0 Å². The summed E-state index contributed by atoms with van der Waals surface area (Å²) in [5.41, 5.74) is 2.12. The van der Waals surface area contributed by atoms with Crippen LogP contribution in [0.15, 0.2) is 60.8 Å². The minimum atomic E-state index is -0.982. The van der Waals surface area contributed by atoms with Crippen LogP contribution in [0.3, 0.4) is 0 Å². The zero-order chi connectivity index (χ0) is 20.2. The highest BCUT2D eigenvalue weighted by atomic mass is 19.1. The Kier molecular flexibility index (Phi) is 5.92. The molecule has 0 radical (unpaired) electrons. The van der Waals surface area contributed by atoms with Crippen molar-refractivity contribution in [2.45, 2.75) is 24.9 Å². The summed E-state index contributed by atoms with van der Waals surface area (Å²) in [6.07, 6.45) is 2.57. The van der Waals surface area contributed by atoms with Crippen molar-refractivity contribution in [3.8, 4) is 11.3 Å². The highest BCUT2D eigenvalue weighted by molar-refractivity contribution is 5.58. The van der Waals surface area contributed by atoms with Gasteiger partial charge in [-0.15, -0.1) is 0 Å². The van der Waals surface area contributed by atoms with Crippen LogP contribution in [-0.4, -0.2) is 39.6 Å². The summed E-state index contributed by atoms with van der Waals surface area (Å²) in [4.78, 5) is 11.3. The second kappa shape index (κ2) is 8.76. The van der Waals surface area contributed by atoms with E-state index in [2.05, 4.69) is 9.88 Å². The van der Waals surface area contributed by atoms with Crippen LogP contribution in [0.4, 0.5) is 8.78 Å². The summed E-state index contributed by atoms with van der Waals surface area (Å²) in [5.74, 6) is -0.249. The largest absolute Gasteiger partial charge is 0.387 e. The normalized spacial score (nSPS) is 16.7. The van der Waals surface area contributed by atoms with Gasteiger partial charge in [0.05, 0.1) is 11.8 Å². The smallest absolute Gasteiger partial charge is 0.132 e. The van der Waals surface area contributed by atoms with Crippen molar-refractivity contribution in [2.75, 3.05) is 19.6 Å². The predicted octanol–water partition coefficient (Wildman–Crippen LogP) is 4.33. The summed E-state index contributed by atoms with van der Waals surface area (Å²) in [5, 5.41) is 10.4. The fourth-order valence-electron chi connectivity index (χ4n) is 3.83. The third-order valence-corrected chi connectivity index (χ3v) is 5.45. The van der Waals surface area contributed by atoms with E-state index < -0.39 is 17.7 Å². The van der Waals surface area contributed by atoms with Gasteiger partial charge in [0.2, 0.25) is 0 Å². The van der Waals surface area contributed by atoms with Crippen LogP contribution in [-0.2, 0) is 0 Å². The molecule has 1 saturated heterocycles. The first kappa shape index (κ1) is 19.6. The topological polar surface area (TPSA) is 49.2 Å². The lowest BCUT2D eigenvalue weighted by Gasteiger charge is -2.32. The Labute approximate surface area is 168 Å². The fourth-order valence-corrected chi connectivity index (χ4v) is 3.83. The minimum Gasteiger partial charge on any atom is -0.387 e. The van der Waals surface area contributed by atoms with E-state index in [9.17, 15) is 13.9 Å². The fraction of sp³-hybridized carbons (Fsp3) is 0.304. The van der Waals surface area contributed by atoms with Gasteiger partial charge in [-0.1, -0.05) is 36.4 Å². The number of aliphatic hydroxyl groups excluding tert-OH is 1. The maximum Gasteiger partial charge on any atom is 0.132 e. The van der Waals surface area contributed by atoms with E-state index in [1.54, 1.807) is 6.20 Å². The maximum absolute atomic E-state index is 13.9. The molecule has 0 amide bonds. The van der Waals surface area contributed by atoms with Crippen molar-refractivity contribution >= 4 is 0 Å². The van der Waals surface area contributed by atoms with Crippen LogP contribution in [0.25, 0.3) is 11.3 Å². The number of aliphatic hydroxyl groups is 1. The van der Waals surface area contributed by atoms with E-state index in [0.29, 0.717) is 6.54 Å². The Bertz CT molecular complexity index is 959. The molecule has 0 spiro atoms. The number of halogens is 2. The molecule has 150 valence electrons. The van der Waals surface area contributed by atoms with Crippen molar-refractivity contribution in [1.29, 1.82) is 0 Å². The molecule has 2 heterocycles. The molecule has 0 saturated carbocycles. The first-order valence-corrected chi connectivity index (χ1v) is 9.84. The van der Waals surface area contributed by atoms with Crippen LogP contribution in [0, 0.1) is 11.6 Å². The molecule has 4 rings (SSSR count). The molecule has 1 aliphatic heterocycles. The van der Waals surface area contributed by atoms with Crippen molar-refractivity contribution < 1.29 is 13.9 Å². The van der Waals surface area contributed by atoms with Gasteiger partial charge < -0.3 is 10.0 Å². The van der Waals surface area contributed by atoms with Gasteiger partial charge in [-0.05, 0) is 38.1 Å². The number of aromatic nitrogens is 2. The van der Waals surface area contributed by atoms with Crippen molar-refractivity contribution in [2.24, 2.45) is 0 Å². The average Bonchev–Trinajstić information content (AvgIpc) is 2.75.